The highest BCUT2D eigenvalue weighted by Gasteiger charge is 2.24. The summed E-state index contributed by atoms with van der Waals surface area (Å²) in [6.45, 7) is 2.87. The number of ether oxygens (including phenoxy) is 1. The summed E-state index contributed by atoms with van der Waals surface area (Å²) in [6.07, 6.45) is 2.83. The Morgan fingerprint density at radius 1 is 1.67 bits per heavy atom. The molecule has 15 heavy (non-hydrogen) atoms. The van der Waals surface area contributed by atoms with Gasteiger partial charge in [0.05, 0.1) is 12.6 Å². The van der Waals surface area contributed by atoms with Crippen molar-refractivity contribution in [3.63, 3.8) is 0 Å². The number of halogens is 1. The molecule has 0 amide bonds. The van der Waals surface area contributed by atoms with Crippen molar-refractivity contribution in [1.29, 1.82) is 0 Å². The fourth-order valence-electron chi connectivity index (χ4n) is 1.87. The van der Waals surface area contributed by atoms with Gasteiger partial charge >= 0.3 is 0 Å². The summed E-state index contributed by atoms with van der Waals surface area (Å²) in [5.74, 6) is 0. The van der Waals surface area contributed by atoms with Crippen LogP contribution in [0.1, 0.15) is 12.8 Å². The maximum absolute atomic E-state index is 5.62. The Labute approximate surface area is 104 Å². The Bertz CT molecular complexity index is 244. The third kappa shape index (κ3) is 3.11. The second-order valence-corrected chi connectivity index (χ2v) is 5.95. The van der Waals surface area contributed by atoms with E-state index in [1.165, 1.54) is 18.0 Å². The second-order valence-electron chi connectivity index (χ2n) is 4.03. The van der Waals surface area contributed by atoms with Crippen molar-refractivity contribution in [3.8, 4) is 0 Å². The Morgan fingerprint density at radius 2 is 2.53 bits per heavy atom. The Morgan fingerprint density at radius 3 is 3.13 bits per heavy atom. The van der Waals surface area contributed by atoms with Crippen LogP contribution in [-0.2, 0) is 4.74 Å². The first-order valence-corrected chi connectivity index (χ1v) is 7.39. The summed E-state index contributed by atoms with van der Waals surface area (Å²) >= 11 is 5.38. The van der Waals surface area contributed by atoms with Crippen molar-refractivity contribution in [3.05, 3.63) is 0 Å². The lowest BCUT2D eigenvalue weighted by Crippen LogP contribution is -2.32. The quantitative estimate of drug-likeness (QED) is 0.744. The Kier molecular flexibility index (Phi) is 4.34. The van der Waals surface area contributed by atoms with E-state index >= 15 is 0 Å². The minimum absolute atomic E-state index is 0.418. The molecule has 0 spiro atoms. The van der Waals surface area contributed by atoms with Gasteiger partial charge in [0.25, 0.3) is 0 Å². The zero-order valence-electron chi connectivity index (χ0n) is 8.99. The fraction of sp³-hybridized carbons (Fsp3) is 0.900. The van der Waals surface area contributed by atoms with Crippen molar-refractivity contribution in [2.24, 2.45) is 4.99 Å². The van der Waals surface area contributed by atoms with Crippen molar-refractivity contribution < 1.29 is 4.74 Å². The summed E-state index contributed by atoms with van der Waals surface area (Å²) in [5, 5.41) is 2.82. The number of hydrogen-bond acceptors (Lipinski definition) is 4. The molecule has 2 aliphatic heterocycles. The van der Waals surface area contributed by atoms with E-state index in [0.717, 1.165) is 25.0 Å². The third-order valence-electron chi connectivity index (χ3n) is 2.70. The molecule has 0 aromatic carbocycles. The first-order valence-electron chi connectivity index (χ1n) is 5.39. The molecule has 2 aliphatic rings. The van der Waals surface area contributed by atoms with E-state index in [4.69, 9.17) is 4.74 Å². The zero-order valence-corrected chi connectivity index (χ0v) is 11.4. The minimum Gasteiger partial charge on any atom is -0.376 e. The van der Waals surface area contributed by atoms with Gasteiger partial charge in [-0.05, 0) is 12.8 Å². The van der Waals surface area contributed by atoms with Crippen molar-refractivity contribution in [2.45, 2.75) is 24.2 Å². The van der Waals surface area contributed by atoms with Crippen molar-refractivity contribution in [2.75, 3.05) is 32.1 Å². The monoisotopic (exact) mass is 292 g/mol. The van der Waals surface area contributed by atoms with Gasteiger partial charge in [-0.2, -0.15) is 0 Å². The normalized spacial score (nSPS) is 30.7. The first-order chi connectivity index (χ1) is 7.29. The van der Waals surface area contributed by atoms with Gasteiger partial charge in [-0.15, -0.1) is 0 Å². The van der Waals surface area contributed by atoms with Gasteiger partial charge in [0, 0.05) is 30.8 Å². The highest BCUT2D eigenvalue weighted by atomic mass is 79.9. The smallest absolute Gasteiger partial charge is 0.159 e. The fourth-order valence-corrected chi connectivity index (χ4v) is 3.38. The average Bonchev–Trinajstić information content (AvgIpc) is 2.86. The van der Waals surface area contributed by atoms with Crippen LogP contribution in [0.5, 0.6) is 0 Å². The molecule has 0 aromatic rings. The second kappa shape index (κ2) is 5.55. The maximum atomic E-state index is 5.62. The Balaban J connectivity index is 1.78. The number of nitrogens with zero attached hydrogens (tertiary/aromatic N) is 2. The highest BCUT2D eigenvalue weighted by Crippen LogP contribution is 2.25. The van der Waals surface area contributed by atoms with Crippen LogP contribution in [0.3, 0.4) is 0 Å². The van der Waals surface area contributed by atoms with Gasteiger partial charge in [-0.1, -0.05) is 27.7 Å². The molecule has 3 nitrogen and oxygen atoms in total. The van der Waals surface area contributed by atoms with Crippen LogP contribution in [0.25, 0.3) is 0 Å². The van der Waals surface area contributed by atoms with E-state index < -0.39 is 0 Å². The lowest BCUT2D eigenvalue weighted by atomic mass is 10.2. The predicted octanol–water partition coefficient (Wildman–Crippen LogP) is 1.96. The molecule has 2 rings (SSSR count). The minimum atomic E-state index is 0.418. The number of likely N-dealkylation sites (N-methyl/N-ethyl adjacent to an activating group) is 1. The summed E-state index contributed by atoms with van der Waals surface area (Å²) in [5.41, 5.74) is 0. The van der Waals surface area contributed by atoms with Gasteiger partial charge in [0.2, 0.25) is 0 Å². The number of aliphatic imine (C=N–C) groups is 1. The van der Waals surface area contributed by atoms with Crippen LogP contribution in [0, 0.1) is 0 Å². The molecule has 0 N–H and O–H groups in total. The predicted molar refractivity (Wildman–Crippen MR) is 69.1 cm³/mol. The molecule has 2 heterocycles. The number of rotatable bonds is 3. The van der Waals surface area contributed by atoms with Crippen molar-refractivity contribution >= 4 is 32.9 Å². The van der Waals surface area contributed by atoms with Gasteiger partial charge in [-0.25, -0.2) is 0 Å². The SMILES string of the molecule is CN(CC1CCCO1)C1=NCC(CBr)S1. The molecule has 0 saturated carbocycles. The van der Waals surface area contributed by atoms with E-state index in [-0.39, 0.29) is 0 Å². The van der Waals surface area contributed by atoms with Crippen molar-refractivity contribution in [1.82, 2.24) is 4.90 Å². The molecule has 5 heteroatoms. The molecule has 1 saturated heterocycles. The van der Waals surface area contributed by atoms with Gasteiger partial charge in [0.15, 0.2) is 5.17 Å². The lowest BCUT2D eigenvalue weighted by molar-refractivity contribution is 0.0964. The van der Waals surface area contributed by atoms with Crippen LogP contribution in [0.2, 0.25) is 0 Å². The number of amidine groups is 1. The summed E-state index contributed by atoms with van der Waals surface area (Å²) in [4.78, 5) is 6.79. The molecular formula is C10H17BrN2OS. The van der Waals surface area contributed by atoms with Crippen LogP contribution < -0.4 is 0 Å². The van der Waals surface area contributed by atoms with E-state index in [1.807, 2.05) is 11.8 Å². The molecular weight excluding hydrogens is 276 g/mol. The molecule has 0 aromatic heterocycles. The molecule has 1 fully saturated rings. The third-order valence-corrected chi connectivity index (χ3v) is 5.21. The first kappa shape index (κ1) is 11.7. The van der Waals surface area contributed by atoms with Crippen LogP contribution in [-0.4, -0.2) is 53.5 Å². The molecule has 0 bridgehead atoms. The maximum Gasteiger partial charge on any atom is 0.159 e. The zero-order chi connectivity index (χ0) is 10.7. The summed E-state index contributed by atoms with van der Waals surface area (Å²) in [7, 11) is 2.12. The summed E-state index contributed by atoms with van der Waals surface area (Å²) in [6, 6.07) is 0. The van der Waals surface area contributed by atoms with Crippen LogP contribution in [0.4, 0.5) is 0 Å². The van der Waals surface area contributed by atoms with Crippen LogP contribution >= 0.6 is 27.7 Å². The standard InChI is InChI=1S/C10H17BrN2OS/c1-13(7-8-3-2-4-14-8)10-12-6-9(5-11)15-10/h8-9H,2-7H2,1H3. The molecule has 0 radical (unpaired) electrons. The Hall–Kier alpha value is 0.260. The largest absolute Gasteiger partial charge is 0.376 e. The van der Waals surface area contributed by atoms with E-state index in [2.05, 4.69) is 32.9 Å². The van der Waals surface area contributed by atoms with E-state index in [1.54, 1.807) is 0 Å². The number of thioether (sulfide) groups is 1. The molecule has 86 valence electrons. The van der Waals surface area contributed by atoms with Crippen LogP contribution in [0.15, 0.2) is 4.99 Å². The van der Waals surface area contributed by atoms with Gasteiger partial charge in [-0.3, -0.25) is 4.99 Å². The molecule has 2 atom stereocenters. The molecule has 0 aliphatic carbocycles. The number of alkyl halides is 1. The molecule has 2 unspecified atom stereocenters. The average molecular weight is 293 g/mol. The van der Waals surface area contributed by atoms with E-state index in [9.17, 15) is 0 Å². The topological polar surface area (TPSA) is 24.8 Å². The lowest BCUT2D eigenvalue weighted by Gasteiger charge is -2.22. The van der Waals surface area contributed by atoms with Gasteiger partial charge < -0.3 is 9.64 Å². The number of hydrogen-bond donors (Lipinski definition) is 0. The summed E-state index contributed by atoms with van der Waals surface area (Å²) < 4.78 is 5.62. The van der Waals surface area contributed by atoms with E-state index in [0.29, 0.717) is 11.4 Å². The highest BCUT2D eigenvalue weighted by molar-refractivity contribution is 9.09. The van der Waals surface area contributed by atoms with Gasteiger partial charge in [0.1, 0.15) is 0 Å².